The van der Waals surface area contributed by atoms with E-state index in [2.05, 4.69) is 82.8 Å². The van der Waals surface area contributed by atoms with E-state index in [1.54, 1.807) is 0 Å². The second-order valence-corrected chi connectivity index (χ2v) is 7.49. The van der Waals surface area contributed by atoms with Crippen molar-refractivity contribution in [2.24, 2.45) is 5.92 Å². The molecule has 0 aromatic carbocycles. The molecule has 0 saturated heterocycles. The molecule has 3 aliphatic heterocycles. The molecule has 0 radical (unpaired) electrons. The summed E-state index contributed by atoms with van der Waals surface area (Å²) in [7, 11) is 4.27. The number of nitrogens with zero attached hydrogens (tertiary/aromatic N) is 4. The van der Waals surface area contributed by atoms with Crippen LogP contribution in [0.5, 0.6) is 0 Å². The van der Waals surface area contributed by atoms with E-state index >= 15 is 0 Å². The fourth-order valence-corrected chi connectivity index (χ4v) is 4.55. The van der Waals surface area contributed by atoms with Crippen LogP contribution >= 0.6 is 45.7 Å². The van der Waals surface area contributed by atoms with Gasteiger partial charge < -0.3 is 14.5 Å². The van der Waals surface area contributed by atoms with Crippen LogP contribution in [0.3, 0.4) is 0 Å². The summed E-state index contributed by atoms with van der Waals surface area (Å²) < 4.78 is 10.5. The Morgan fingerprint density at radius 1 is 1.05 bits per heavy atom. The molecule has 0 amide bonds. The first-order valence-corrected chi connectivity index (χ1v) is 8.40. The number of halogens is 2. The Kier molecular flexibility index (Phi) is 3.69. The summed E-state index contributed by atoms with van der Waals surface area (Å²) in [4.78, 5) is 4.52. The van der Waals surface area contributed by atoms with Crippen molar-refractivity contribution in [1.82, 2.24) is 16.0 Å². The minimum Gasteiger partial charge on any atom is -0.474 e. The molecule has 0 saturated carbocycles. The molecule has 0 aliphatic carbocycles. The van der Waals surface area contributed by atoms with E-state index in [1.807, 2.05) is 0 Å². The van der Waals surface area contributed by atoms with E-state index in [1.165, 1.54) is 17.9 Å². The fraction of sp³-hybridized carbons (Fsp3) is 0.667. The monoisotopic (exact) mass is 488 g/mol. The smallest absolute Gasteiger partial charge is 0.236 e. The topological polar surface area (TPSA) is 22.2 Å². The van der Waals surface area contributed by atoms with Crippen molar-refractivity contribution in [3.8, 4) is 0 Å². The Morgan fingerprint density at radius 3 is 2.47 bits per heavy atom. The standard InChI is InChI=1S/C12H18I2N4O/c1-8-4-5-17(13)10-9(8)15(2)12-11(16(10)3)18(14)6-7-19-12/h8H,4-7H2,1-3H3. The lowest BCUT2D eigenvalue weighted by Crippen LogP contribution is -2.48. The van der Waals surface area contributed by atoms with Crippen molar-refractivity contribution >= 4 is 45.7 Å². The Morgan fingerprint density at radius 2 is 1.74 bits per heavy atom. The number of rotatable bonds is 0. The highest BCUT2D eigenvalue weighted by molar-refractivity contribution is 14.1. The first-order valence-electron chi connectivity index (χ1n) is 6.47. The number of ether oxygens (including phenoxy) is 1. The molecule has 0 N–H and O–H groups in total. The van der Waals surface area contributed by atoms with Crippen molar-refractivity contribution in [2.75, 3.05) is 33.8 Å². The first kappa shape index (κ1) is 13.9. The lowest BCUT2D eigenvalue weighted by atomic mass is 9.98. The molecule has 0 aromatic heterocycles. The van der Waals surface area contributed by atoms with Crippen molar-refractivity contribution in [3.05, 3.63) is 23.2 Å². The summed E-state index contributed by atoms with van der Waals surface area (Å²) in [6.07, 6.45) is 1.19. The van der Waals surface area contributed by atoms with Gasteiger partial charge in [0.1, 0.15) is 12.4 Å². The van der Waals surface area contributed by atoms with Crippen molar-refractivity contribution < 1.29 is 4.74 Å². The SMILES string of the molecule is CC1CCN(I)C2=C1N(C)C1=C(N(I)CCO1)N2C. The second kappa shape index (κ2) is 5.05. The van der Waals surface area contributed by atoms with Gasteiger partial charge in [-0.05, 0) is 6.42 Å². The van der Waals surface area contributed by atoms with Gasteiger partial charge in [0.15, 0.2) is 5.82 Å². The van der Waals surface area contributed by atoms with Crippen LogP contribution < -0.4 is 0 Å². The van der Waals surface area contributed by atoms with Gasteiger partial charge in [0.2, 0.25) is 5.88 Å². The summed E-state index contributed by atoms with van der Waals surface area (Å²) in [6.45, 7) is 5.09. The zero-order valence-electron chi connectivity index (χ0n) is 11.4. The molecule has 0 fully saturated rings. The minimum atomic E-state index is 0.565. The van der Waals surface area contributed by atoms with Crippen molar-refractivity contribution in [2.45, 2.75) is 13.3 Å². The number of hydrogen-bond acceptors (Lipinski definition) is 5. The Bertz CT molecular complexity index is 465. The summed E-state index contributed by atoms with van der Waals surface area (Å²) in [6, 6.07) is 0. The van der Waals surface area contributed by atoms with E-state index in [0.29, 0.717) is 5.92 Å². The molecule has 0 bridgehead atoms. The third-order valence-corrected chi connectivity index (χ3v) is 5.81. The lowest BCUT2D eigenvalue weighted by molar-refractivity contribution is 0.0644. The van der Waals surface area contributed by atoms with Gasteiger partial charge in [-0.25, -0.2) is 0 Å². The van der Waals surface area contributed by atoms with Crippen LogP contribution in [0, 0.1) is 5.92 Å². The molecule has 0 spiro atoms. The predicted molar refractivity (Wildman–Crippen MR) is 90.8 cm³/mol. The van der Waals surface area contributed by atoms with Crippen LogP contribution in [-0.2, 0) is 4.74 Å². The van der Waals surface area contributed by atoms with Gasteiger partial charge in [0.05, 0.1) is 58.0 Å². The average Bonchev–Trinajstić information content (AvgIpc) is 2.38. The molecular formula is C12H18I2N4O. The third-order valence-electron chi connectivity index (χ3n) is 3.93. The average molecular weight is 488 g/mol. The van der Waals surface area contributed by atoms with Gasteiger partial charge >= 0.3 is 0 Å². The zero-order chi connectivity index (χ0) is 13.7. The van der Waals surface area contributed by atoms with E-state index < -0.39 is 0 Å². The second-order valence-electron chi connectivity index (χ2n) is 5.17. The number of hydrogen-bond donors (Lipinski definition) is 0. The highest BCUT2D eigenvalue weighted by Gasteiger charge is 2.40. The highest BCUT2D eigenvalue weighted by Crippen LogP contribution is 2.42. The molecular weight excluding hydrogens is 470 g/mol. The summed E-state index contributed by atoms with van der Waals surface area (Å²) in [5.41, 5.74) is 1.37. The molecule has 1 unspecified atom stereocenters. The van der Waals surface area contributed by atoms with Crippen molar-refractivity contribution in [3.63, 3.8) is 0 Å². The Labute approximate surface area is 142 Å². The molecule has 1 atom stereocenters. The zero-order valence-corrected chi connectivity index (χ0v) is 15.7. The van der Waals surface area contributed by atoms with E-state index in [0.717, 1.165) is 31.4 Å². The maximum absolute atomic E-state index is 5.93. The maximum atomic E-state index is 5.93. The fourth-order valence-electron chi connectivity index (χ4n) is 2.97. The van der Waals surface area contributed by atoms with Gasteiger partial charge in [-0.15, -0.1) is 0 Å². The van der Waals surface area contributed by atoms with Gasteiger partial charge in [0.25, 0.3) is 0 Å². The molecule has 3 aliphatic rings. The molecule has 3 rings (SSSR count). The molecule has 106 valence electrons. The number of allylic oxidation sites excluding steroid dienone is 1. The van der Waals surface area contributed by atoms with Crippen LogP contribution in [-0.4, -0.2) is 49.8 Å². The first-order chi connectivity index (χ1) is 9.02. The molecule has 7 heteroatoms. The Hall–Kier alpha value is -0.0600. The molecule has 19 heavy (non-hydrogen) atoms. The maximum Gasteiger partial charge on any atom is 0.236 e. The summed E-state index contributed by atoms with van der Waals surface area (Å²) >= 11 is 4.80. The van der Waals surface area contributed by atoms with E-state index in [-0.39, 0.29) is 0 Å². The van der Waals surface area contributed by atoms with Crippen LogP contribution in [0.25, 0.3) is 0 Å². The lowest BCUT2D eigenvalue weighted by Gasteiger charge is -2.48. The van der Waals surface area contributed by atoms with E-state index in [9.17, 15) is 0 Å². The van der Waals surface area contributed by atoms with Gasteiger partial charge in [-0.3, -0.25) is 6.23 Å². The van der Waals surface area contributed by atoms with Crippen LogP contribution in [0.1, 0.15) is 13.3 Å². The highest BCUT2D eigenvalue weighted by atomic mass is 127. The molecule has 3 heterocycles. The van der Waals surface area contributed by atoms with Crippen LogP contribution in [0.4, 0.5) is 0 Å². The van der Waals surface area contributed by atoms with E-state index in [4.69, 9.17) is 4.74 Å². The van der Waals surface area contributed by atoms with Gasteiger partial charge in [-0.2, -0.15) is 0 Å². The van der Waals surface area contributed by atoms with Gasteiger partial charge in [-0.1, -0.05) is 6.92 Å². The third kappa shape index (κ3) is 2.07. The predicted octanol–water partition coefficient (Wildman–Crippen LogP) is 2.53. The normalized spacial score (nSPS) is 27.5. The molecule has 5 nitrogen and oxygen atoms in total. The summed E-state index contributed by atoms with van der Waals surface area (Å²) in [5.74, 6) is 4.01. The van der Waals surface area contributed by atoms with Crippen molar-refractivity contribution in [1.29, 1.82) is 0 Å². The quantitative estimate of drug-likeness (QED) is 0.386. The molecule has 0 aromatic rings. The largest absolute Gasteiger partial charge is 0.474 e. The Balaban J connectivity index is 2.10. The minimum absolute atomic E-state index is 0.565. The summed E-state index contributed by atoms with van der Waals surface area (Å²) in [5, 5.41) is 0. The van der Waals surface area contributed by atoms with Crippen LogP contribution in [0.15, 0.2) is 23.2 Å². The van der Waals surface area contributed by atoms with Crippen LogP contribution in [0.2, 0.25) is 0 Å². The van der Waals surface area contributed by atoms with Gasteiger partial charge in [0, 0.05) is 26.6 Å².